The number of amides is 2. The Morgan fingerprint density at radius 3 is 2.37 bits per heavy atom. The molecule has 41 heavy (non-hydrogen) atoms. The fraction of sp³-hybridized carbons (Fsp3) is 0.448. The van der Waals surface area contributed by atoms with E-state index < -0.39 is 0 Å². The predicted octanol–water partition coefficient (Wildman–Crippen LogP) is 3.18. The van der Waals surface area contributed by atoms with Gasteiger partial charge in [0.05, 0.1) is 23.5 Å². The van der Waals surface area contributed by atoms with Crippen molar-refractivity contribution in [2.75, 3.05) is 46.4 Å². The number of thiazole rings is 1. The number of carbonyl (C=O) groups excluding carboxylic acids is 2. The molecule has 0 spiro atoms. The van der Waals surface area contributed by atoms with Crippen LogP contribution in [0.3, 0.4) is 0 Å². The number of aromatic nitrogens is 5. The van der Waals surface area contributed by atoms with Crippen LogP contribution in [0.1, 0.15) is 61.7 Å². The van der Waals surface area contributed by atoms with Crippen molar-refractivity contribution in [3.05, 3.63) is 69.1 Å². The number of methoxy groups -OCH3 is 1. The van der Waals surface area contributed by atoms with Crippen LogP contribution in [0.15, 0.2) is 35.7 Å². The van der Waals surface area contributed by atoms with Crippen molar-refractivity contribution >= 4 is 28.8 Å². The zero-order chi connectivity index (χ0) is 28.5. The molecule has 0 aliphatic carbocycles. The Bertz CT molecular complexity index is 1550. The third kappa shape index (κ3) is 5.66. The van der Waals surface area contributed by atoms with Crippen LogP contribution in [0.2, 0.25) is 0 Å². The molecule has 12 heteroatoms. The molecular weight excluding hydrogens is 540 g/mol. The number of piperidine rings is 1. The zero-order valence-corrected chi connectivity index (χ0v) is 24.4. The number of carbonyl (C=O) groups is 2. The Morgan fingerprint density at radius 1 is 0.951 bits per heavy atom. The van der Waals surface area contributed by atoms with Crippen molar-refractivity contribution in [3.8, 4) is 5.75 Å². The SMILES string of the molecule is COc1ccc(CN2CCN(C(=O)c3csc(C4CCN(C(=O)c5nnc6cc(C)nn6c5C)CC4)n3)CC2)cc1. The number of hydrogen-bond donors (Lipinski definition) is 0. The third-order valence-electron chi connectivity index (χ3n) is 8.03. The number of ether oxygens (including phenoxy) is 1. The van der Waals surface area contributed by atoms with Crippen LogP contribution in [0.25, 0.3) is 5.65 Å². The zero-order valence-electron chi connectivity index (χ0n) is 23.6. The summed E-state index contributed by atoms with van der Waals surface area (Å²) in [6.45, 7) is 8.86. The molecule has 1 aromatic carbocycles. The van der Waals surface area contributed by atoms with Gasteiger partial charge in [0.15, 0.2) is 11.3 Å². The summed E-state index contributed by atoms with van der Waals surface area (Å²) in [4.78, 5) is 37.3. The molecule has 0 N–H and O–H groups in total. The first kappa shape index (κ1) is 27.3. The Balaban J connectivity index is 1.01. The van der Waals surface area contributed by atoms with E-state index in [1.165, 1.54) is 5.56 Å². The van der Waals surface area contributed by atoms with E-state index in [-0.39, 0.29) is 17.7 Å². The summed E-state index contributed by atoms with van der Waals surface area (Å²) in [5.74, 6) is 0.969. The lowest BCUT2D eigenvalue weighted by Gasteiger charge is -2.34. The second-order valence-electron chi connectivity index (χ2n) is 10.7. The van der Waals surface area contributed by atoms with Gasteiger partial charge >= 0.3 is 0 Å². The molecule has 6 rings (SSSR count). The largest absolute Gasteiger partial charge is 0.497 e. The first-order chi connectivity index (χ1) is 19.9. The first-order valence-corrected chi connectivity index (χ1v) is 14.9. The molecule has 214 valence electrons. The lowest BCUT2D eigenvalue weighted by atomic mass is 9.97. The highest BCUT2D eigenvalue weighted by atomic mass is 32.1. The highest BCUT2D eigenvalue weighted by molar-refractivity contribution is 7.09. The van der Waals surface area contributed by atoms with E-state index in [1.807, 2.05) is 47.2 Å². The molecule has 5 heterocycles. The van der Waals surface area contributed by atoms with Gasteiger partial charge in [-0.2, -0.15) is 5.10 Å². The lowest BCUT2D eigenvalue weighted by molar-refractivity contribution is 0.0623. The fourth-order valence-corrected chi connectivity index (χ4v) is 6.55. The molecule has 0 unspecified atom stereocenters. The van der Waals surface area contributed by atoms with Crippen LogP contribution < -0.4 is 4.74 Å². The van der Waals surface area contributed by atoms with E-state index in [2.05, 4.69) is 32.3 Å². The minimum absolute atomic E-state index is 0.00233. The molecule has 2 fully saturated rings. The van der Waals surface area contributed by atoms with E-state index in [1.54, 1.807) is 23.0 Å². The lowest BCUT2D eigenvalue weighted by Crippen LogP contribution is -2.48. The van der Waals surface area contributed by atoms with Gasteiger partial charge in [-0.15, -0.1) is 21.5 Å². The quantitative estimate of drug-likeness (QED) is 0.346. The monoisotopic (exact) mass is 574 g/mol. The predicted molar refractivity (Wildman–Crippen MR) is 154 cm³/mol. The molecule has 0 saturated carbocycles. The molecule has 3 aromatic heterocycles. The number of rotatable bonds is 6. The minimum Gasteiger partial charge on any atom is -0.497 e. The van der Waals surface area contributed by atoms with Crippen molar-refractivity contribution < 1.29 is 14.3 Å². The Morgan fingerprint density at radius 2 is 1.66 bits per heavy atom. The molecule has 0 atom stereocenters. The van der Waals surface area contributed by atoms with E-state index in [9.17, 15) is 9.59 Å². The van der Waals surface area contributed by atoms with Gasteiger partial charge in [-0.3, -0.25) is 14.5 Å². The summed E-state index contributed by atoms with van der Waals surface area (Å²) in [5.41, 5.74) is 4.27. The van der Waals surface area contributed by atoms with Gasteiger partial charge < -0.3 is 14.5 Å². The third-order valence-corrected chi connectivity index (χ3v) is 9.03. The van der Waals surface area contributed by atoms with Gasteiger partial charge in [0.25, 0.3) is 11.8 Å². The van der Waals surface area contributed by atoms with Gasteiger partial charge in [0.1, 0.15) is 11.4 Å². The average Bonchev–Trinajstić information content (AvgIpc) is 3.65. The number of fused-ring (bicyclic) bond motifs is 1. The molecule has 2 aliphatic rings. The molecule has 0 bridgehead atoms. The van der Waals surface area contributed by atoms with Crippen LogP contribution >= 0.6 is 11.3 Å². The van der Waals surface area contributed by atoms with Gasteiger partial charge in [0, 0.05) is 63.2 Å². The van der Waals surface area contributed by atoms with E-state index in [4.69, 9.17) is 9.72 Å². The molecule has 2 saturated heterocycles. The minimum atomic E-state index is -0.121. The van der Waals surface area contributed by atoms with Gasteiger partial charge in [-0.05, 0) is 44.4 Å². The number of hydrogen-bond acceptors (Lipinski definition) is 9. The van der Waals surface area contributed by atoms with Crippen LogP contribution in [0.5, 0.6) is 5.75 Å². The van der Waals surface area contributed by atoms with Gasteiger partial charge in [0.2, 0.25) is 0 Å². The maximum atomic E-state index is 13.2. The Hall–Kier alpha value is -3.90. The van der Waals surface area contributed by atoms with Crippen LogP contribution in [-0.2, 0) is 6.54 Å². The van der Waals surface area contributed by atoms with Crippen molar-refractivity contribution in [2.45, 2.75) is 39.2 Å². The Kier molecular flexibility index (Phi) is 7.67. The molecule has 2 amide bonds. The van der Waals surface area contributed by atoms with E-state index in [0.29, 0.717) is 48.9 Å². The summed E-state index contributed by atoms with van der Waals surface area (Å²) in [5, 5.41) is 15.7. The second kappa shape index (κ2) is 11.5. The first-order valence-electron chi connectivity index (χ1n) is 14.0. The van der Waals surface area contributed by atoms with Gasteiger partial charge in [-0.1, -0.05) is 12.1 Å². The van der Waals surface area contributed by atoms with Crippen molar-refractivity contribution in [2.24, 2.45) is 0 Å². The highest BCUT2D eigenvalue weighted by Crippen LogP contribution is 2.31. The maximum absolute atomic E-state index is 13.2. The summed E-state index contributed by atoms with van der Waals surface area (Å²) in [6, 6.07) is 9.98. The van der Waals surface area contributed by atoms with Crippen molar-refractivity contribution in [1.82, 2.24) is 39.5 Å². The molecule has 4 aromatic rings. The number of aryl methyl sites for hydroxylation is 2. The molecule has 2 aliphatic heterocycles. The number of likely N-dealkylation sites (tertiary alicyclic amines) is 1. The second-order valence-corrected chi connectivity index (χ2v) is 11.6. The van der Waals surface area contributed by atoms with Crippen LogP contribution in [-0.4, -0.2) is 97.7 Å². The van der Waals surface area contributed by atoms with Gasteiger partial charge in [-0.25, -0.2) is 9.50 Å². The smallest absolute Gasteiger partial charge is 0.276 e. The maximum Gasteiger partial charge on any atom is 0.276 e. The topological polar surface area (TPSA) is 109 Å². The van der Waals surface area contributed by atoms with Crippen molar-refractivity contribution in [1.29, 1.82) is 0 Å². The van der Waals surface area contributed by atoms with Crippen molar-refractivity contribution in [3.63, 3.8) is 0 Å². The average molecular weight is 575 g/mol. The van der Waals surface area contributed by atoms with E-state index in [0.717, 1.165) is 48.9 Å². The van der Waals surface area contributed by atoms with E-state index >= 15 is 0 Å². The summed E-state index contributed by atoms with van der Waals surface area (Å²) in [6.07, 6.45) is 1.60. The van der Waals surface area contributed by atoms with Crippen LogP contribution in [0.4, 0.5) is 0 Å². The molecule has 11 nitrogen and oxygen atoms in total. The van der Waals surface area contributed by atoms with Crippen LogP contribution in [0, 0.1) is 13.8 Å². The standard InChI is InChI=1S/C29H34N8O3S/c1-19-16-25-31-32-26(20(2)37(25)33-19)29(39)35-10-8-22(9-11-35)27-30-24(18-41-27)28(38)36-14-12-34(13-15-36)17-21-4-6-23(40-3)7-5-21/h4-7,16,18,22H,8-15,17H2,1-3H3. The summed E-state index contributed by atoms with van der Waals surface area (Å²) in [7, 11) is 1.67. The molecule has 0 radical (unpaired) electrons. The number of piperazine rings is 1. The summed E-state index contributed by atoms with van der Waals surface area (Å²) >= 11 is 1.55. The molecular formula is C29H34N8O3S. The fourth-order valence-electron chi connectivity index (χ4n) is 5.59. The highest BCUT2D eigenvalue weighted by Gasteiger charge is 2.30. The Labute approximate surface area is 242 Å². The number of benzene rings is 1. The normalized spacial score (nSPS) is 16.9. The number of nitrogens with zero attached hydrogens (tertiary/aromatic N) is 8. The summed E-state index contributed by atoms with van der Waals surface area (Å²) < 4.78 is 6.92.